The van der Waals surface area contributed by atoms with Crippen LogP contribution in [0.5, 0.6) is 0 Å². The first-order valence-electron chi connectivity index (χ1n) is 9.49. The van der Waals surface area contributed by atoms with Gasteiger partial charge in [-0.2, -0.15) is 0 Å². The average molecular weight is 407 g/mol. The molecule has 0 radical (unpaired) electrons. The number of thiophene rings is 1. The van der Waals surface area contributed by atoms with E-state index in [4.69, 9.17) is 4.42 Å². The van der Waals surface area contributed by atoms with Gasteiger partial charge in [0.25, 0.3) is 0 Å². The largest absolute Gasteiger partial charge is 0.469 e. The van der Waals surface area contributed by atoms with E-state index in [1.54, 1.807) is 30.0 Å². The van der Waals surface area contributed by atoms with E-state index in [1.165, 1.54) is 16.0 Å². The third-order valence-electron chi connectivity index (χ3n) is 3.57. The Kier molecular flexibility index (Phi) is 12.4. The molecule has 0 saturated heterocycles. The van der Waals surface area contributed by atoms with Crippen molar-refractivity contribution in [3.8, 4) is 0 Å². The second kappa shape index (κ2) is 15.0. The summed E-state index contributed by atoms with van der Waals surface area (Å²) >= 11 is 1.70. The maximum Gasteiger partial charge on any atom is 0.103 e. The number of furan rings is 1. The topological polar surface area (TPSA) is 38.9 Å². The Labute approximate surface area is 178 Å². The number of aryl methyl sites for hydroxylation is 4. The SMILES string of the molecule is C=Cc1cccs1.CCc1ccco1.Cc1ccnc(C)c1.Cc1ccncc1. The zero-order valence-corrected chi connectivity index (χ0v) is 18.5. The van der Waals surface area contributed by atoms with Crippen LogP contribution in [0.4, 0.5) is 0 Å². The van der Waals surface area contributed by atoms with E-state index in [2.05, 4.69) is 36.5 Å². The molecule has 0 saturated carbocycles. The van der Waals surface area contributed by atoms with Crippen molar-refractivity contribution in [2.75, 3.05) is 0 Å². The summed E-state index contributed by atoms with van der Waals surface area (Å²) in [4.78, 5) is 9.12. The Morgan fingerprint density at radius 1 is 0.966 bits per heavy atom. The highest BCUT2D eigenvalue weighted by molar-refractivity contribution is 7.10. The summed E-state index contributed by atoms with van der Waals surface area (Å²) in [5.41, 5.74) is 3.62. The molecule has 0 aliphatic heterocycles. The first-order valence-corrected chi connectivity index (χ1v) is 10.4. The maximum absolute atomic E-state index is 4.98. The fourth-order valence-electron chi connectivity index (χ4n) is 2.03. The van der Waals surface area contributed by atoms with E-state index in [0.717, 1.165) is 17.9 Å². The molecule has 0 unspecified atom stereocenters. The molecule has 4 aromatic rings. The molecular weight excluding hydrogens is 376 g/mol. The van der Waals surface area contributed by atoms with Crippen LogP contribution in [-0.2, 0) is 6.42 Å². The highest BCUT2D eigenvalue weighted by Gasteiger charge is 1.84. The molecule has 0 N–H and O–H groups in total. The van der Waals surface area contributed by atoms with Gasteiger partial charge in [0.05, 0.1) is 6.26 Å². The molecular formula is C25H30N2OS. The smallest absolute Gasteiger partial charge is 0.103 e. The molecule has 29 heavy (non-hydrogen) atoms. The predicted molar refractivity (Wildman–Crippen MR) is 125 cm³/mol. The van der Waals surface area contributed by atoms with Crippen molar-refractivity contribution in [1.82, 2.24) is 9.97 Å². The molecule has 0 fully saturated rings. The first-order chi connectivity index (χ1) is 14.0. The third kappa shape index (κ3) is 12.2. The van der Waals surface area contributed by atoms with Crippen molar-refractivity contribution in [3.63, 3.8) is 0 Å². The Balaban J connectivity index is 0.000000194. The summed E-state index contributed by atoms with van der Waals surface area (Å²) in [5, 5.41) is 2.04. The zero-order valence-electron chi connectivity index (χ0n) is 17.7. The quantitative estimate of drug-likeness (QED) is 0.350. The second-order valence-electron chi connectivity index (χ2n) is 6.15. The lowest BCUT2D eigenvalue weighted by Crippen LogP contribution is -1.78. The summed E-state index contributed by atoms with van der Waals surface area (Å²) in [6.45, 7) is 11.8. The van der Waals surface area contributed by atoms with E-state index >= 15 is 0 Å². The van der Waals surface area contributed by atoms with Gasteiger partial charge in [-0.15, -0.1) is 11.3 Å². The molecule has 3 nitrogen and oxygen atoms in total. The van der Waals surface area contributed by atoms with E-state index in [9.17, 15) is 0 Å². The van der Waals surface area contributed by atoms with Gasteiger partial charge in [-0.1, -0.05) is 25.6 Å². The Hall–Kier alpha value is -2.98. The van der Waals surface area contributed by atoms with E-state index in [0.29, 0.717) is 0 Å². The average Bonchev–Trinajstić information content (AvgIpc) is 3.44. The van der Waals surface area contributed by atoms with E-state index in [-0.39, 0.29) is 0 Å². The minimum absolute atomic E-state index is 0.993. The molecule has 0 atom stereocenters. The van der Waals surface area contributed by atoms with Crippen LogP contribution in [0.2, 0.25) is 0 Å². The Morgan fingerprint density at radius 3 is 2.00 bits per heavy atom. The highest BCUT2D eigenvalue weighted by atomic mass is 32.1. The monoisotopic (exact) mass is 406 g/mol. The van der Waals surface area contributed by atoms with Crippen LogP contribution in [-0.4, -0.2) is 9.97 Å². The number of rotatable bonds is 2. The van der Waals surface area contributed by atoms with Crippen LogP contribution in [0.15, 0.2) is 89.8 Å². The second-order valence-corrected chi connectivity index (χ2v) is 7.13. The highest BCUT2D eigenvalue weighted by Crippen LogP contribution is 2.08. The lowest BCUT2D eigenvalue weighted by Gasteiger charge is -1.90. The van der Waals surface area contributed by atoms with Crippen LogP contribution in [0, 0.1) is 20.8 Å². The molecule has 4 heteroatoms. The predicted octanol–water partition coefficient (Wildman–Crippen LogP) is 7.32. The summed E-state index contributed by atoms with van der Waals surface area (Å²) in [6, 6.07) is 15.9. The van der Waals surface area contributed by atoms with Gasteiger partial charge in [-0.3, -0.25) is 9.97 Å². The number of pyridine rings is 2. The minimum atomic E-state index is 0.993. The van der Waals surface area contributed by atoms with Crippen molar-refractivity contribution in [3.05, 3.63) is 113 Å². The summed E-state index contributed by atoms with van der Waals surface area (Å²) in [5.74, 6) is 1.06. The Morgan fingerprint density at radius 2 is 1.69 bits per heavy atom. The van der Waals surface area contributed by atoms with Crippen LogP contribution >= 0.6 is 11.3 Å². The first kappa shape index (κ1) is 24.1. The van der Waals surface area contributed by atoms with Crippen molar-refractivity contribution < 1.29 is 4.42 Å². The van der Waals surface area contributed by atoms with Crippen molar-refractivity contribution in [2.45, 2.75) is 34.1 Å². The zero-order chi connectivity index (χ0) is 21.3. The van der Waals surface area contributed by atoms with E-state index < -0.39 is 0 Å². The lowest BCUT2D eigenvalue weighted by atomic mass is 10.3. The van der Waals surface area contributed by atoms with Crippen molar-refractivity contribution in [2.24, 2.45) is 0 Å². The van der Waals surface area contributed by atoms with Crippen LogP contribution < -0.4 is 0 Å². The van der Waals surface area contributed by atoms with Gasteiger partial charge in [-0.05, 0) is 79.7 Å². The standard InChI is InChI=1S/C7H9N.C6H7N.C6H8O.C6H6S/c1-6-3-4-8-7(2)5-6;1-6-2-4-7-5-3-6;2*1-2-6-4-3-5-7-6/h3-5H,1-2H3;2-5H,1H3;3-5H,2H2,1H3;2-5H,1H2. The van der Waals surface area contributed by atoms with E-state index in [1.807, 2.05) is 74.0 Å². The molecule has 0 amide bonds. The third-order valence-corrected chi connectivity index (χ3v) is 4.44. The van der Waals surface area contributed by atoms with Crippen molar-refractivity contribution >= 4 is 17.4 Å². The molecule has 0 aliphatic rings. The van der Waals surface area contributed by atoms with Gasteiger partial charge in [0, 0.05) is 35.6 Å². The van der Waals surface area contributed by atoms with Crippen molar-refractivity contribution in [1.29, 1.82) is 0 Å². The van der Waals surface area contributed by atoms with Crippen LogP contribution in [0.3, 0.4) is 0 Å². The molecule has 0 aliphatic carbocycles. The summed E-state index contributed by atoms with van der Waals surface area (Å²) in [6.07, 6.45) is 9.94. The number of nitrogens with zero attached hydrogens (tertiary/aromatic N) is 2. The maximum atomic E-state index is 4.98. The minimum Gasteiger partial charge on any atom is -0.469 e. The van der Waals surface area contributed by atoms with Gasteiger partial charge < -0.3 is 4.42 Å². The number of aromatic nitrogens is 2. The number of hydrogen-bond acceptors (Lipinski definition) is 4. The summed E-state index contributed by atoms with van der Waals surface area (Å²) < 4.78 is 4.98. The number of hydrogen-bond donors (Lipinski definition) is 0. The molecule has 4 heterocycles. The molecule has 4 aromatic heterocycles. The van der Waals surface area contributed by atoms with Gasteiger partial charge in [0.2, 0.25) is 0 Å². The summed E-state index contributed by atoms with van der Waals surface area (Å²) in [7, 11) is 0. The molecule has 0 bridgehead atoms. The lowest BCUT2D eigenvalue weighted by molar-refractivity contribution is 0.516. The van der Waals surface area contributed by atoms with Crippen LogP contribution in [0.1, 0.15) is 34.4 Å². The van der Waals surface area contributed by atoms with Crippen LogP contribution in [0.25, 0.3) is 6.08 Å². The molecule has 152 valence electrons. The molecule has 0 spiro atoms. The van der Waals surface area contributed by atoms with Gasteiger partial charge >= 0.3 is 0 Å². The van der Waals surface area contributed by atoms with Gasteiger partial charge in [0.1, 0.15) is 5.76 Å². The van der Waals surface area contributed by atoms with Gasteiger partial charge in [-0.25, -0.2) is 0 Å². The fraction of sp³-hybridized carbons (Fsp3) is 0.200. The van der Waals surface area contributed by atoms with Gasteiger partial charge in [0.15, 0.2) is 0 Å². The molecule has 0 aromatic carbocycles. The molecule has 4 rings (SSSR count). The normalized spacial score (nSPS) is 8.97. The Bertz CT molecular complexity index is 869. The fourth-order valence-corrected chi connectivity index (χ4v) is 2.60.